The van der Waals surface area contributed by atoms with Crippen LogP contribution in [0.1, 0.15) is 23.2 Å². The van der Waals surface area contributed by atoms with Gasteiger partial charge in [-0.1, -0.05) is 0 Å². The molecular formula is C17H21Br2NO6. The van der Waals surface area contributed by atoms with Gasteiger partial charge >= 0.3 is 5.97 Å². The summed E-state index contributed by atoms with van der Waals surface area (Å²) in [5.41, 5.74) is 0.385. The highest BCUT2D eigenvalue weighted by atomic mass is 79.9. The molecule has 26 heavy (non-hydrogen) atoms. The van der Waals surface area contributed by atoms with Gasteiger partial charge in [0.05, 0.1) is 48.9 Å². The Kier molecular flexibility index (Phi) is 7.16. The lowest BCUT2D eigenvalue weighted by atomic mass is 9.96. The fraction of sp³-hybridized carbons (Fsp3) is 0.529. The van der Waals surface area contributed by atoms with Crippen molar-refractivity contribution in [3.8, 4) is 17.2 Å². The number of rotatable bonds is 5. The molecule has 0 saturated carbocycles. The molecule has 1 heterocycles. The molecule has 0 unspecified atom stereocenters. The van der Waals surface area contributed by atoms with E-state index < -0.39 is 0 Å². The largest absolute Gasteiger partial charge is 0.492 e. The molecule has 144 valence electrons. The van der Waals surface area contributed by atoms with Gasteiger partial charge in [-0.25, -0.2) is 0 Å². The average molecular weight is 495 g/mol. The highest BCUT2D eigenvalue weighted by Crippen LogP contribution is 2.50. The van der Waals surface area contributed by atoms with Gasteiger partial charge in [0.1, 0.15) is 0 Å². The van der Waals surface area contributed by atoms with E-state index >= 15 is 0 Å². The second-order valence-corrected chi connectivity index (χ2v) is 7.28. The number of ether oxygens (including phenoxy) is 4. The van der Waals surface area contributed by atoms with Crippen LogP contribution in [0.2, 0.25) is 0 Å². The predicted molar refractivity (Wildman–Crippen MR) is 102 cm³/mol. The van der Waals surface area contributed by atoms with Crippen LogP contribution in [-0.4, -0.2) is 58.3 Å². The molecule has 1 amide bonds. The Morgan fingerprint density at radius 2 is 1.35 bits per heavy atom. The smallest absolute Gasteiger partial charge is 0.308 e. The van der Waals surface area contributed by atoms with Crippen molar-refractivity contribution < 1.29 is 28.5 Å². The maximum absolute atomic E-state index is 13.1. The Morgan fingerprint density at radius 1 is 0.885 bits per heavy atom. The number of nitrogens with zero attached hydrogens (tertiary/aromatic N) is 1. The van der Waals surface area contributed by atoms with E-state index in [1.54, 1.807) is 4.90 Å². The van der Waals surface area contributed by atoms with E-state index in [1.807, 2.05) is 0 Å². The second-order valence-electron chi connectivity index (χ2n) is 5.69. The van der Waals surface area contributed by atoms with Crippen LogP contribution in [-0.2, 0) is 9.53 Å². The highest BCUT2D eigenvalue weighted by Gasteiger charge is 2.33. The highest BCUT2D eigenvalue weighted by molar-refractivity contribution is 9.11. The van der Waals surface area contributed by atoms with Crippen molar-refractivity contribution in [1.82, 2.24) is 4.90 Å². The fourth-order valence-corrected chi connectivity index (χ4v) is 4.69. The van der Waals surface area contributed by atoms with Crippen LogP contribution >= 0.6 is 31.9 Å². The molecule has 0 N–H and O–H groups in total. The quantitative estimate of drug-likeness (QED) is 0.585. The van der Waals surface area contributed by atoms with Crippen molar-refractivity contribution >= 4 is 43.7 Å². The Bertz CT molecular complexity index is 670. The molecule has 0 spiro atoms. The minimum Gasteiger partial charge on any atom is -0.492 e. The van der Waals surface area contributed by atoms with E-state index in [0.717, 1.165) is 0 Å². The van der Waals surface area contributed by atoms with Gasteiger partial charge in [0, 0.05) is 13.1 Å². The maximum atomic E-state index is 13.1. The topological polar surface area (TPSA) is 74.3 Å². The van der Waals surface area contributed by atoms with Crippen molar-refractivity contribution in [2.75, 3.05) is 41.5 Å². The van der Waals surface area contributed by atoms with Crippen molar-refractivity contribution in [3.63, 3.8) is 0 Å². The first-order valence-electron chi connectivity index (χ1n) is 7.95. The minimum atomic E-state index is -0.229. The SMILES string of the molecule is COC(=O)C1CCN(C(=O)c2c(Br)c(OC)c(OC)c(OC)c2Br)CC1. The van der Waals surface area contributed by atoms with Crippen LogP contribution in [0.25, 0.3) is 0 Å². The molecule has 0 radical (unpaired) electrons. The summed E-state index contributed by atoms with van der Waals surface area (Å²) in [6.45, 7) is 0.933. The van der Waals surface area contributed by atoms with Gasteiger partial charge in [0.15, 0.2) is 11.5 Å². The van der Waals surface area contributed by atoms with Crippen molar-refractivity contribution in [2.45, 2.75) is 12.8 Å². The van der Waals surface area contributed by atoms with Gasteiger partial charge < -0.3 is 23.8 Å². The average Bonchev–Trinajstić information content (AvgIpc) is 2.66. The van der Waals surface area contributed by atoms with Crippen LogP contribution < -0.4 is 14.2 Å². The number of likely N-dealkylation sites (tertiary alicyclic amines) is 1. The predicted octanol–water partition coefficient (Wildman–Crippen LogP) is 3.26. The number of amides is 1. The Morgan fingerprint density at radius 3 is 1.73 bits per heavy atom. The number of hydrogen-bond acceptors (Lipinski definition) is 6. The summed E-state index contributed by atoms with van der Waals surface area (Å²) in [6.07, 6.45) is 1.14. The molecule has 0 bridgehead atoms. The molecule has 1 aliphatic heterocycles. The lowest BCUT2D eigenvalue weighted by molar-refractivity contribution is -0.146. The molecule has 0 aromatic heterocycles. The first-order valence-corrected chi connectivity index (χ1v) is 9.53. The maximum Gasteiger partial charge on any atom is 0.308 e. The van der Waals surface area contributed by atoms with E-state index in [0.29, 0.717) is 57.7 Å². The molecular weight excluding hydrogens is 474 g/mol. The van der Waals surface area contributed by atoms with Crippen LogP contribution in [0.4, 0.5) is 0 Å². The summed E-state index contributed by atoms with van der Waals surface area (Å²) in [6, 6.07) is 0. The summed E-state index contributed by atoms with van der Waals surface area (Å²) in [5.74, 6) is 0.546. The lowest BCUT2D eigenvalue weighted by Gasteiger charge is -2.31. The third-order valence-electron chi connectivity index (χ3n) is 4.39. The number of methoxy groups -OCH3 is 4. The third kappa shape index (κ3) is 3.78. The summed E-state index contributed by atoms with van der Waals surface area (Å²) < 4.78 is 21.9. The van der Waals surface area contributed by atoms with Gasteiger partial charge in [-0.2, -0.15) is 0 Å². The lowest BCUT2D eigenvalue weighted by Crippen LogP contribution is -2.40. The van der Waals surface area contributed by atoms with E-state index in [9.17, 15) is 9.59 Å². The van der Waals surface area contributed by atoms with Crippen molar-refractivity contribution in [2.24, 2.45) is 5.92 Å². The first-order chi connectivity index (χ1) is 12.4. The number of hydrogen-bond donors (Lipinski definition) is 0. The standard InChI is InChI=1S/C17H21Br2NO6/c1-23-13-11(18)10(12(19)14(24-2)15(13)25-3)16(21)20-7-5-9(6-8-20)17(22)26-4/h9H,5-8H2,1-4H3. The van der Waals surface area contributed by atoms with Gasteiger partial charge in [0.25, 0.3) is 5.91 Å². The molecule has 0 atom stereocenters. The summed E-state index contributed by atoms with van der Waals surface area (Å²) in [4.78, 5) is 26.5. The van der Waals surface area contributed by atoms with Crippen LogP contribution in [0.3, 0.4) is 0 Å². The third-order valence-corrected chi connectivity index (χ3v) is 5.91. The Balaban J connectivity index is 2.36. The van der Waals surface area contributed by atoms with Gasteiger partial charge in [-0.3, -0.25) is 9.59 Å². The van der Waals surface area contributed by atoms with Gasteiger partial charge in [-0.05, 0) is 44.7 Å². The van der Waals surface area contributed by atoms with Crippen LogP contribution in [0, 0.1) is 5.92 Å². The number of carbonyl (C=O) groups is 2. The normalized spacial score (nSPS) is 14.8. The summed E-state index contributed by atoms with van der Waals surface area (Å²) in [5, 5.41) is 0. The molecule has 9 heteroatoms. The van der Waals surface area contributed by atoms with E-state index in [1.165, 1.54) is 28.4 Å². The van der Waals surface area contributed by atoms with E-state index in [2.05, 4.69) is 31.9 Å². The summed E-state index contributed by atoms with van der Waals surface area (Å²) in [7, 11) is 5.86. The van der Waals surface area contributed by atoms with E-state index in [4.69, 9.17) is 18.9 Å². The number of esters is 1. The Labute approximate surface area is 169 Å². The Hall–Kier alpha value is -1.48. The molecule has 1 saturated heterocycles. The zero-order chi connectivity index (χ0) is 19.4. The number of benzene rings is 1. The molecule has 1 aromatic rings. The number of carbonyl (C=O) groups excluding carboxylic acids is 2. The molecule has 7 nitrogen and oxygen atoms in total. The molecule has 0 aliphatic carbocycles. The first kappa shape index (κ1) is 20.8. The molecule has 1 fully saturated rings. The van der Waals surface area contributed by atoms with Crippen LogP contribution in [0.15, 0.2) is 8.95 Å². The minimum absolute atomic E-state index is 0.170. The van der Waals surface area contributed by atoms with Crippen LogP contribution in [0.5, 0.6) is 17.2 Å². The zero-order valence-corrected chi connectivity index (χ0v) is 18.2. The number of piperidine rings is 1. The molecule has 1 aromatic carbocycles. The van der Waals surface area contributed by atoms with Gasteiger partial charge in [-0.15, -0.1) is 0 Å². The van der Waals surface area contributed by atoms with E-state index in [-0.39, 0.29) is 17.8 Å². The monoisotopic (exact) mass is 493 g/mol. The van der Waals surface area contributed by atoms with Crippen molar-refractivity contribution in [3.05, 3.63) is 14.5 Å². The molecule has 2 rings (SSSR count). The van der Waals surface area contributed by atoms with Gasteiger partial charge in [0.2, 0.25) is 5.75 Å². The molecule has 1 aliphatic rings. The summed E-state index contributed by atoms with van der Waals surface area (Å²) >= 11 is 6.90. The number of halogens is 2. The van der Waals surface area contributed by atoms with Crippen molar-refractivity contribution in [1.29, 1.82) is 0 Å². The second kappa shape index (κ2) is 8.94. The zero-order valence-electron chi connectivity index (χ0n) is 15.1. The fourth-order valence-electron chi connectivity index (χ4n) is 3.01.